The van der Waals surface area contributed by atoms with E-state index in [1.165, 1.54) is 11.9 Å². The van der Waals surface area contributed by atoms with E-state index in [-0.39, 0.29) is 24.1 Å². The SMILES string of the molecule is CNC(=O)C1CCCN(C(=O)c2c(F)ccc(N)c2F)C1. The van der Waals surface area contributed by atoms with Crippen molar-refractivity contribution in [1.82, 2.24) is 10.2 Å². The Morgan fingerprint density at radius 3 is 2.76 bits per heavy atom. The van der Waals surface area contributed by atoms with Crippen LogP contribution in [-0.4, -0.2) is 36.9 Å². The van der Waals surface area contributed by atoms with Crippen molar-refractivity contribution in [3.63, 3.8) is 0 Å². The fourth-order valence-electron chi connectivity index (χ4n) is 2.50. The van der Waals surface area contributed by atoms with Gasteiger partial charge in [0.05, 0.1) is 11.6 Å². The summed E-state index contributed by atoms with van der Waals surface area (Å²) in [6.07, 6.45) is 1.25. The van der Waals surface area contributed by atoms with E-state index in [9.17, 15) is 18.4 Å². The highest BCUT2D eigenvalue weighted by Gasteiger charge is 2.31. The first kappa shape index (κ1) is 15.2. The molecule has 114 valence electrons. The standard InChI is InChI=1S/C14H17F2N3O2/c1-18-13(20)8-3-2-6-19(7-8)14(21)11-9(15)4-5-10(17)12(11)16/h4-5,8H,2-3,6-7,17H2,1H3,(H,18,20). The minimum Gasteiger partial charge on any atom is -0.396 e. The Labute approximate surface area is 121 Å². The van der Waals surface area contributed by atoms with Crippen molar-refractivity contribution in [3.05, 3.63) is 29.3 Å². The van der Waals surface area contributed by atoms with Crippen LogP contribution in [-0.2, 0) is 4.79 Å². The van der Waals surface area contributed by atoms with Gasteiger partial charge in [0.1, 0.15) is 11.4 Å². The normalized spacial score (nSPS) is 18.4. The second-order valence-corrected chi connectivity index (χ2v) is 5.03. The Morgan fingerprint density at radius 2 is 2.10 bits per heavy atom. The van der Waals surface area contributed by atoms with Gasteiger partial charge in [0.25, 0.3) is 5.91 Å². The third-order valence-electron chi connectivity index (χ3n) is 3.66. The van der Waals surface area contributed by atoms with Gasteiger partial charge in [-0.05, 0) is 25.0 Å². The molecule has 1 fully saturated rings. The molecule has 2 amide bonds. The molecule has 7 heteroatoms. The molecule has 0 spiro atoms. The van der Waals surface area contributed by atoms with Gasteiger partial charge < -0.3 is 16.0 Å². The summed E-state index contributed by atoms with van der Waals surface area (Å²) in [5, 5.41) is 2.52. The summed E-state index contributed by atoms with van der Waals surface area (Å²) < 4.78 is 27.6. The molecular weight excluding hydrogens is 280 g/mol. The van der Waals surface area contributed by atoms with Crippen LogP contribution in [0.1, 0.15) is 23.2 Å². The predicted octanol–water partition coefficient (Wildman–Crippen LogP) is 1.15. The van der Waals surface area contributed by atoms with Crippen molar-refractivity contribution >= 4 is 17.5 Å². The number of nitrogens with zero attached hydrogens (tertiary/aromatic N) is 1. The quantitative estimate of drug-likeness (QED) is 0.804. The minimum atomic E-state index is -1.05. The molecule has 1 heterocycles. The zero-order chi connectivity index (χ0) is 15.6. The summed E-state index contributed by atoms with van der Waals surface area (Å²) in [5.74, 6) is -3.32. The van der Waals surface area contributed by atoms with Crippen molar-refractivity contribution in [2.75, 3.05) is 25.9 Å². The fourth-order valence-corrected chi connectivity index (χ4v) is 2.50. The van der Waals surface area contributed by atoms with E-state index in [2.05, 4.69) is 5.32 Å². The molecule has 0 bridgehead atoms. The molecule has 2 rings (SSSR count). The molecule has 1 aliphatic heterocycles. The van der Waals surface area contributed by atoms with Gasteiger partial charge in [0, 0.05) is 20.1 Å². The van der Waals surface area contributed by atoms with Crippen molar-refractivity contribution in [1.29, 1.82) is 0 Å². The Hall–Kier alpha value is -2.18. The highest BCUT2D eigenvalue weighted by Crippen LogP contribution is 2.23. The van der Waals surface area contributed by atoms with E-state index in [0.717, 1.165) is 12.1 Å². The molecule has 1 saturated heterocycles. The minimum absolute atomic E-state index is 0.145. The number of hydrogen-bond acceptors (Lipinski definition) is 3. The van der Waals surface area contributed by atoms with Crippen LogP contribution in [0.15, 0.2) is 12.1 Å². The number of carbonyl (C=O) groups is 2. The molecule has 1 atom stereocenters. The molecule has 21 heavy (non-hydrogen) atoms. The monoisotopic (exact) mass is 297 g/mol. The maximum absolute atomic E-state index is 13.9. The van der Waals surface area contributed by atoms with Crippen molar-refractivity contribution in [2.45, 2.75) is 12.8 Å². The van der Waals surface area contributed by atoms with Gasteiger partial charge >= 0.3 is 0 Å². The third kappa shape index (κ3) is 2.96. The van der Waals surface area contributed by atoms with E-state index in [0.29, 0.717) is 19.4 Å². The van der Waals surface area contributed by atoms with E-state index < -0.39 is 23.1 Å². The highest BCUT2D eigenvalue weighted by atomic mass is 19.1. The smallest absolute Gasteiger partial charge is 0.259 e. The van der Waals surface area contributed by atoms with Crippen molar-refractivity contribution in [2.24, 2.45) is 5.92 Å². The van der Waals surface area contributed by atoms with Gasteiger partial charge in [-0.1, -0.05) is 0 Å². The first-order chi connectivity index (χ1) is 9.95. The van der Waals surface area contributed by atoms with Crippen LogP contribution in [0.2, 0.25) is 0 Å². The van der Waals surface area contributed by atoms with Crippen molar-refractivity contribution in [3.8, 4) is 0 Å². The largest absolute Gasteiger partial charge is 0.396 e. The van der Waals surface area contributed by atoms with E-state index >= 15 is 0 Å². The predicted molar refractivity (Wildman–Crippen MR) is 73.5 cm³/mol. The number of nitrogens with one attached hydrogen (secondary N) is 1. The number of benzene rings is 1. The van der Waals surface area contributed by atoms with Crippen LogP contribution in [0.5, 0.6) is 0 Å². The lowest BCUT2D eigenvalue weighted by Gasteiger charge is -2.32. The second kappa shape index (κ2) is 6.07. The average Bonchev–Trinajstić information content (AvgIpc) is 2.50. The highest BCUT2D eigenvalue weighted by molar-refractivity contribution is 5.96. The molecule has 0 aromatic heterocycles. The Bertz CT molecular complexity index is 578. The van der Waals surface area contributed by atoms with Crippen molar-refractivity contribution < 1.29 is 18.4 Å². The number of rotatable bonds is 2. The van der Waals surface area contributed by atoms with Gasteiger partial charge in [0.15, 0.2) is 5.82 Å². The summed E-state index contributed by atoms with van der Waals surface area (Å²) in [6.45, 7) is 0.506. The number of hydrogen-bond donors (Lipinski definition) is 2. The maximum Gasteiger partial charge on any atom is 0.259 e. The lowest BCUT2D eigenvalue weighted by Crippen LogP contribution is -2.45. The molecule has 1 unspecified atom stereocenters. The van der Waals surface area contributed by atoms with Crippen LogP contribution in [0.25, 0.3) is 0 Å². The number of nitrogens with two attached hydrogens (primary N) is 1. The summed E-state index contributed by atoms with van der Waals surface area (Å²) in [4.78, 5) is 25.2. The number of piperidine rings is 1. The topological polar surface area (TPSA) is 75.4 Å². The summed E-state index contributed by atoms with van der Waals surface area (Å²) in [5.41, 5.74) is 4.44. The second-order valence-electron chi connectivity index (χ2n) is 5.03. The molecule has 5 nitrogen and oxygen atoms in total. The third-order valence-corrected chi connectivity index (χ3v) is 3.66. The molecule has 1 aromatic carbocycles. The Morgan fingerprint density at radius 1 is 1.38 bits per heavy atom. The summed E-state index contributed by atoms with van der Waals surface area (Å²) in [7, 11) is 1.51. The summed E-state index contributed by atoms with van der Waals surface area (Å²) in [6, 6.07) is 2.04. The van der Waals surface area contributed by atoms with Gasteiger partial charge in [-0.15, -0.1) is 0 Å². The van der Waals surface area contributed by atoms with Crippen LogP contribution in [0.4, 0.5) is 14.5 Å². The average molecular weight is 297 g/mol. The van der Waals surface area contributed by atoms with Crippen LogP contribution in [0, 0.1) is 17.6 Å². The number of carbonyl (C=O) groups excluding carboxylic acids is 2. The van der Waals surface area contributed by atoms with E-state index in [1.807, 2.05) is 0 Å². The number of nitrogen functional groups attached to an aromatic ring is 1. The Balaban J connectivity index is 2.24. The van der Waals surface area contributed by atoms with E-state index in [4.69, 9.17) is 5.73 Å². The van der Waals surface area contributed by atoms with Gasteiger partial charge in [0.2, 0.25) is 5.91 Å². The molecule has 1 aromatic rings. The number of anilines is 1. The zero-order valence-corrected chi connectivity index (χ0v) is 11.7. The lowest BCUT2D eigenvalue weighted by atomic mass is 9.96. The first-order valence-corrected chi connectivity index (χ1v) is 6.70. The van der Waals surface area contributed by atoms with Gasteiger partial charge in [-0.3, -0.25) is 9.59 Å². The maximum atomic E-state index is 13.9. The van der Waals surface area contributed by atoms with Crippen LogP contribution < -0.4 is 11.1 Å². The number of amides is 2. The molecular formula is C14H17F2N3O2. The molecule has 0 saturated carbocycles. The molecule has 3 N–H and O–H groups in total. The van der Waals surface area contributed by atoms with Crippen LogP contribution in [0.3, 0.4) is 0 Å². The van der Waals surface area contributed by atoms with Crippen LogP contribution >= 0.6 is 0 Å². The molecule has 0 aliphatic carbocycles. The van der Waals surface area contributed by atoms with Gasteiger partial charge in [-0.25, -0.2) is 8.78 Å². The van der Waals surface area contributed by atoms with E-state index in [1.54, 1.807) is 0 Å². The van der Waals surface area contributed by atoms with Gasteiger partial charge in [-0.2, -0.15) is 0 Å². The summed E-state index contributed by atoms with van der Waals surface area (Å²) >= 11 is 0. The number of likely N-dealkylation sites (tertiary alicyclic amines) is 1. The fraction of sp³-hybridized carbons (Fsp3) is 0.429. The zero-order valence-electron chi connectivity index (χ0n) is 11.7. The lowest BCUT2D eigenvalue weighted by molar-refractivity contribution is -0.125. The number of halogens is 2. The molecule has 0 radical (unpaired) electrons. The first-order valence-electron chi connectivity index (χ1n) is 6.70. The molecule has 1 aliphatic rings. The Kier molecular flexibility index (Phi) is 4.40.